The molecule has 1 atom stereocenters. The van der Waals surface area contributed by atoms with E-state index in [4.69, 9.17) is 5.11 Å². The molecule has 1 unspecified atom stereocenters. The summed E-state index contributed by atoms with van der Waals surface area (Å²) in [7, 11) is 0. The Balaban J connectivity index is 1.93. The Hall–Kier alpha value is -0.610. The Morgan fingerprint density at radius 1 is 1.39 bits per heavy atom. The molecule has 0 spiro atoms. The van der Waals surface area contributed by atoms with Crippen LogP contribution in [0.25, 0.3) is 0 Å². The minimum Gasteiger partial charge on any atom is -0.481 e. The molecule has 1 aliphatic heterocycles. The molecule has 1 saturated carbocycles. The fourth-order valence-corrected chi connectivity index (χ4v) is 3.51. The van der Waals surface area contributed by atoms with Crippen LogP contribution in [0.1, 0.15) is 52.4 Å². The first-order valence-electron chi connectivity index (χ1n) is 7.20. The minimum atomic E-state index is -0.687. The minimum absolute atomic E-state index is 0.101. The molecule has 2 rings (SSSR count). The van der Waals surface area contributed by atoms with E-state index in [2.05, 4.69) is 24.1 Å². The van der Waals surface area contributed by atoms with Gasteiger partial charge < -0.3 is 10.4 Å². The molecule has 0 aromatic heterocycles. The SMILES string of the molecule is CC1(C)CN(C2CCCC2)CC(CCC(=O)O)N1. The number of aliphatic carboxylic acids is 1. The zero-order valence-electron chi connectivity index (χ0n) is 11.6. The third kappa shape index (κ3) is 3.69. The van der Waals surface area contributed by atoms with Gasteiger partial charge in [-0.2, -0.15) is 0 Å². The lowest BCUT2D eigenvalue weighted by molar-refractivity contribution is -0.137. The van der Waals surface area contributed by atoms with Gasteiger partial charge in [-0.15, -0.1) is 0 Å². The maximum absolute atomic E-state index is 10.7. The predicted octanol–water partition coefficient (Wildman–Crippen LogP) is 1.85. The van der Waals surface area contributed by atoms with Gasteiger partial charge >= 0.3 is 5.97 Å². The molecule has 2 aliphatic rings. The van der Waals surface area contributed by atoms with Crippen molar-refractivity contribution in [1.29, 1.82) is 0 Å². The molecule has 2 fully saturated rings. The van der Waals surface area contributed by atoms with Crippen LogP contribution in [0.15, 0.2) is 0 Å². The molecule has 18 heavy (non-hydrogen) atoms. The van der Waals surface area contributed by atoms with Gasteiger partial charge in [-0.3, -0.25) is 9.69 Å². The van der Waals surface area contributed by atoms with E-state index in [9.17, 15) is 4.79 Å². The van der Waals surface area contributed by atoms with Gasteiger partial charge in [0.2, 0.25) is 0 Å². The van der Waals surface area contributed by atoms with Crippen molar-refractivity contribution in [3.8, 4) is 0 Å². The van der Waals surface area contributed by atoms with Crippen LogP contribution in [0.2, 0.25) is 0 Å². The van der Waals surface area contributed by atoms with Crippen molar-refractivity contribution in [1.82, 2.24) is 10.2 Å². The van der Waals surface area contributed by atoms with E-state index in [1.54, 1.807) is 0 Å². The summed E-state index contributed by atoms with van der Waals surface area (Å²) in [5, 5.41) is 12.4. The van der Waals surface area contributed by atoms with Crippen LogP contribution in [0, 0.1) is 0 Å². The number of carbonyl (C=O) groups is 1. The second-order valence-corrected chi connectivity index (χ2v) is 6.53. The fourth-order valence-electron chi connectivity index (χ4n) is 3.51. The molecule has 1 heterocycles. The summed E-state index contributed by atoms with van der Waals surface area (Å²) in [5.74, 6) is -0.687. The van der Waals surface area contributed by atoms with Crippen molar-refractivity contribution in [3.05, 3.63) is 0 Å². The van der Waals surface area contributed by atoms with Crippen LogP contribution in [-0.4, -0.2) is 46.7 Å². The molecule has 0 bridgehead atoms. The highest BCUT2D eigenvalue weighted by Gasteiger charge is 2.35. The number of nitrogens with one attached hydrogen (secondary N) is 1. The summed E-state index contributed by atoms with van der Waals surface area (Å²) in [5.41, 5.74) is 0.101. The number of hydrogen-bond acceptors (Lipinski definition) is 3. The molecule has 0 aromatic rings. The van der Waals surface area contributed by atoms with Crippen molar-refractivity contribution in [2.45, 2.75) is 70.0 Å². The summed E-state index contributed by atoms with van der Waals surface area (Å²) in [6.07, 6.45) is 6.36. The van der Waals surface area contributed by atoms with E-state index < -0.39 is 5.97 Å². The maximum Gasteiger partial charge on any atom is 0.303 e. The molecule has 2 N–H and O–H groups in total. The summed E-state index contributed by atoms with van der Waals surface area (Å²) in [6.45, 7) is 6.55. The first-order valence-corrected chi connectivity index (χ1v) is 7.20. The van der Waals surface area contributed by atoms with Crippen LogP contribution in [0.5, 0.6) is 0 Å². The fraction of sp³-hybridized carbons (Fsp3) is 0.929. The second kappa shape index (κ2) is 5.57. The Kier molecular flexibility index (Phi) is 4.28. The summed E-state index contributed by atoms with van der Waals surface area (Å²) in [4.78, 5) is 13.3. The zero-order chi connectivity index (χ0) is 13.2. The van der Waals surface area contributed by atoms with Crippen molar-refractivity contribution in [3.63, 3.8) is 0 Å². The van der Waals surface area contributed by atoms with Gasteiger partial charge in [-0.05, 0) is 33.1 Å². The Morgan fingerprint density at radius 2 is 2.06 bits per heavy atom. The van der Waals surface area contributed by atoms with Gasteiger partial charge in [0.25, 0.3) is 0 Å². The summed E-state index contributed by atoms with van der Waals surface area (Å²) < 4.78 is 0. The highest BCUT2D eigenvalue weighted by atomic mass is 16.4. The van der Waals surface area contributed by atoms with E-state index in [0.29, 0.717) is 6.04 Å². The lowest BCUT2D eigenvalue weighted by Crippen LogP contribution is -2.63. The first kappa shape index (κ1) is 13.8. The number of hydrogen-bond donors (Lipinski definition) is 2. The number of rotatable bonds is 4. The quantitative estimate of drug-likeness (QED) is 0.804. The van der Waals surface area contributed by atoms with Gasteiger partial charge in [0.15, 0.2) is 0 Å². The van der Waals surface area contributed by atoms with E-state index >= 15 is 0 Å². The molecule has 4 nitrogen and oxygen atoms in total. The van der Waals surface area contributed by atoms with E-state index in [0.717, 1.165) is 25.6 Å². The lowest BCUT2D eigenvalue weighted by atomic mass is 9.94. The van der Waals surface area contributed by atoms with Crippen molar-refractivity contribution < 1.29 is 9.90 Å². The number of nitrogens with zero attached hydrogens (tertiary/aromatic N) is 1. The van der Waals surface area contributed by atoms with E-state index in [1.165, 1.54) is 25.7 Å². The standard InChI is InChI=1S/C14H26N2O2/c1-14(2)10-16(12-5-3-4-6-12)9-11(15-14)7-8-13(17)18/h11-12,15H,3-10H2,1-2H3,(H,17,18). The van der Waals surface area contributed by atoms with Crippen LogP contribution in [0.4, 0.5) is 0 Å². The molecule has 104 valence electrons. The van der Waals surface area contributed by atoms with Gasteiger partial charge in [0.1, 0.15) is 0 Å². The highest BCUT2D eigenvalue weighted by molar-refractivity contribution is 5.66. The lowest BCUT2D eigenvalue weighted by Gasteiger charge is -2.46. The molecule has 0 radical (unpaired) electrons. The molecule has 1 aliphatic carbocycles. The van der Waals surface area contributed by atoms with E-state index in [1.807, 2.05) is 0 Å². The third-order valence-corrected chi connectivity index (χ3v) is 4.20. The van der Waals surface area contributed by atoms with Gasteiger partial charge in [-0.1, -0.05) is 12.8 Å². The Bertz CT molecular complexity index is 298. The van der Waals surface area contributed by atoms with Crippen molar-refractivity contribution in [2.75, 3.05) is 13.1 Å². The molecule has 0 amide bonds. The predicted molar refractivity (Wildman–Crippen MR) is 71.7 cm³/mol. The van der Waals surface area contributed by atoms with Crippen LogP contribution >= 0.6 is 0 Å². The Morgan fingerprint density at radius 3 is 2.67 bits per heavy atom. The molecule has 0 aromatic carbocycles. The average Bonchev–Trinajstić information content (AvgIpc) is 2.77. The maximum atomic E-state index is 10.7. The van der Waals surface area contributed by atoms with Gasteiger partial charge in [0.05, 0.1) is 0 Å². The van der Waals surface area contributed by atoms with Crippen LogP contribution < -0.4 is 5.32 Å². The monoisotopic (exact) mass is 254 g/mol. The molecular weight excluding hydrogens is 228 g/mol. The zero-order valence-corrected chi connectivity index (χ0v) is 11.6. The first-order chi connectivity index (χ1) is 8.46. The average molecular weight is 254 g/mol. The normalized spacial score (nSPS) is 29.6. The van der Waals surface area contributed by atoms with Crippen LogP contribution in [-0.2, 0) is 4.79 Å². The molecule has 1 saturated heterocycles. The van der Waals surface area contributed by atoms with Crippen molar-refractivity contribution >= 4 is 5.97 Å². The van der Waals surface area contributed by atoms with Crippen molar-refractivity contribution in [2.24, 2.45) is 0 Å². The van der Waals surface area contributed by atoms with Gasteiger partial charge in [0, 0.05) is 37.1 Å². The number of carboxylic acids is 1. The topological polar surface area (TPSA) is 52.6 Å². The molecular formula is C14H26N2O2. The third-order valence-electron chi connectivity index (χ3n) is 4.20. The Labute approximate surface area is 110 Å². The number of piperazine rings is 1. The van der Waals surface area contributed by atoms with Crippen LogP contribution in [0.3, 0.4) is 0 Å². The second-order valence-electron chi connectivity index (χ2n) is 6.53. The summed E-state index contributed by atoms with van der Waals surface area (Å²) >= 11 is 0. The van der Waals surface area contributed by atoms with E-state index in [-0.39, 0.29) is 12.0 Å². The van der Waals surface area contributed by atoms with Gasteiger partial charge in [-0.25, -0.2) is 0 Å². The number of carboxylic acid groups (broad SMARTS) is 1. The summed E-state index contributed by atoms with van der Waals surface area (Å²) in [6, 6.07) is 1.06. The largest absolute Gasteiger partial charge is 0.481 e. The highest BCUT2D eigenvalue weighted by Crippen LogP contribution is 2.27. The smallest absolute Gasteiger partial charge is 0.303 e. The molecule has 4 heteroatoms.